The summed E-state index contributed by atoms with van der Waals surface area (Å²) in [7, 11) is 0. The third kappa shape index (κ3) is 3.88. The number of halogens is 3. The van der Waals surface area contributed by atoms with Crippen molar-refractivity contribution in [3.05, 3.63) is 58.1 Å². The van der Waals surface area contributed by atoms with Gasteiger partial charge in [0.25, 0.3) is 0 Å². The Morgan fingerprint density at radius 3 is 2.23 bits per heavy atom. The highest BCUT2D eigenvalue weighted by Crippen LogP contribution is 2.23. The summed E-state index contributed by atoms with van der Waals surface area (Å²) in [4.78, 5) is 23.5. The lowest BCUT2D eigenvalue weighted by atomic mass is 10.2. The number of nitrogens with one attached hydrogen (secondary N) is 2. The van der Waals surface area contributed by atoms with Gasteiger partial charge in [-0.05, 0) is 52.7 Å². The normalized spacial score (nSPS) is 10.2. The highest BCUT2D eigenvalue weighted by molar-refractivity contribution is 9.10. The molecule has 2 aromatic carbocycles. The monoisotopic (exact) mass is 368 g/mol. The molecule has 0 saturated carbocycles. The van der Waals surface area contributed by atoms with Gasteiger partial charge in [0.2, 0.25) is 0 Å². The molecule has 0 heterocycles. The predicted molar refractivity (Wildman–Crippen MR) is 82.5 cm³/mol. The Hall–Kier alpha value is -2.28. The van der Waals surface area contributed by atoms with Gasteiger partial charge in [-0.15, -0.1) is 0 Å². The largest absolute Gasteiger partial charge is 0.317 e. The molecule has 0 bridgehead atoms. The van der Waals surface area contributed by atoms with Crippen molar-refractivity contribution in [2.75, 3.05) is 10.6 Å². The summed E-state index contributed by atoms with van der Waals surface area (Å²) in [5.74, 6) is -3.65. The zero-order valence-electron chi connectivity index (χ0n) is 11.4. The molecule has 0 saturated heterocycles. The molecule has 0 fully saturated rings. The molecule has 22 heavy (non-hydrogen) atoms. The lowest BCUT2D eigenvalue weighted by Gasteiger charge is -2.09. The van der Waals surface area contributed by atoms with Gasteiger partial charge >= 0.3 is 11.8 Å². The number of rotatable bonds is 2. The topological polar surface area (TPSA) is 58.2 Å². The van der Waals surface area contributed by atoms with E-state index in [4.69, 9.17) is 0 Å². The van der Waals surface area contributed by atoms with Crippen LogP contribution in [0.3, 0.4) is 0 Å². The number of carbonyl (C=O) groups excluding carboxylic acids is 2. The van der Waals surface area contributed by atoms with Gasteiger partial charge in [0.05, 0.1) is 11.4 Å². The Balaban J connectivity index is 2.09. The zero-order valence-corrected chi connectivity index (χ0v) is 13.0. The maximum Gasteiger partial charge on any atom is 0.314 e. The summed E-state index contributed by atoms with van der Waals surface area (Å²) in [5.41, 5.74) is 0.963. The van der Waals surface area contributed by atoms with Crippen LogP contribution in [0.4, 0.5) is 20.2 Å². The molecular formula is C15H11BrF2N2O2. The molecule has 4 nitrogen and oxygen atoms in total. The van der Waals surface area contributed by atoms with Crippen molar-refractivity contribution in [1.29, 1.82) is 0 Å². The molecule has 0 aliphatic heterocycles. The number of benzene rings is 2. The first-order valence-electron chi connectivity index (χ1n) is 6.20. The number of carbonyl (C=O) groups is 2. The molecule has 2 N–H and O–H groups in total. The van der Waals surface area contributed by atoms with E-state index < -0.39 is 29.1 Å². The molecule has 0 aromatic heterocycles. The van der Waals surface area contributed by atoms with Gasteiger partial charge in [0.1, 0.15) is 11.6 Å². The smallest absolute Gasteiger partial charge is 0.314 e. The fraction of sp³-hybridized carbons (Fsp3) is 0.0667. The molecule has 0 aliphatic carbocycles. The molecule has 114 valence electrons. The van der Waals surface area contributed by atoms with E-state index in [0.717, 1.165) is 23.8 Å². The van der Waals surface area contributed by atoms with Crippen LogP contribution < -0.4 is 10.6 Å². The molecule has 2 amide bonds. The van der Waals surface area contributed by atoms with Crippen molar-refractivity contribution in [3.8, 4) is 0 Å². The van der Waals surface area contributed by atoms with Gasteiger partial charge < -0.3 is 10.6 Å². The van der Waals surface area contributed by atoms with Crippen LogP contribution in [0, 0.1) is 18.6 Å². The first-order chi connectivity index (χ1) is 10.4. The van der Waals surface area contributed by atoms with Gasteiger partial charge in [-0.3, -0.25) is 9.59 Å². The SMILES string of the molecule is Cc1ccc(NC(=O)C(=O)Nc2cc(F)ccc2F)c(Br)c1. The lowest BCUT2D eigenvalue weighted by Crippen LogP contribution is -2.29. The number of amides is 2. The first kappa shape index (κ1) is 16.1. The number of hydrogen-bond donors (Lipinski definition) is 2. The third-order valence-electron chi connectivity index (χ3n) is 2.76. The van der Waals surface area contributed by atoms with E-state index in [2.05, 4.69) is 21.2 Å². The van der Waals surface area contributed by atoms with Crippen LogP contribution in [0.1, 0.15) is 5.56 Å². The van der Waals surface area contributed by atoms with E-state index in [-0.39, 0.29) is 0 Å². The van der Waals surface area contributed by atoms with E-state index in [1.807, 2.05) is 12.2 Å². The van der Waals surface area contributed by atoms with Crippen molar-refractivity contribution in [1.82, 2.24) is 0 Å². The van der Waals surface area contributed by atoms with Crippen molar-refractivity contribution < 1.29 is 18.4 Å². The minimum absolute atomic E-state index is 0.394. The van der Waals surface area contributed by atoms with Crippen molar-refractivity contribution >= 4 is 39.1 Å². The average Bonchev–Trinajstić information content (AvgIpc) is 2.45. The Morgan fingerprint density at radius 2 is 1.59 bits per heavy atom. The molecule has 0 unspecified atom stereocenters. The maximum atomic E-state index is 13.4. The van der Waals surface area contributed by atoms with E-state index >= 15 is 0 Å². The number of hydrogen-bond acceptors (Lipinski definition) is 2. The fourth-order valence-corrected chi connectivity index (χ4v) is 2.27. The van der Waals surface area contributed by atoms with Gasteiger partial charge in [0.15, 0.2) is 0 Å². The second-order valence-electron chi connectivity index (χ2n) is 4.52. The van der Waals surface area contributed by atoms with E-state index in [1.165, 1.54) is 0 Å². The van der Waals surface area contributed by atoms with Crippen LogP contribution in [0.2, 0.25) is 0 Å². The van der Waals surface area contributed by atoms with Gasteiger partial charge in [0, 0.05) is 10.5 Å². The van der Waals surface area contributed by atoms with E-state index in [1.54, 1.807) is 18.2 Å². The standard InChI is InChI=1S/C15H11BrF2N2O2/c1-8-2-5-12(10(16)6-8)19-14(21)15(22)20-13-7-9(17)3-4-11(13)18/h2-7H,1H3,(H,19,21)(H,20,22). The lowest BCUT2D eigenvalue weighted by molar-refractivity contribution is -0.133. The van der Waals surface area contributed by atoms with Crippen molar-refractivity contribution in [2.45, 2.75) is 6.92 Å². The highest BCUT2D eigenvalue weighted by atomic mass is 79.9. The molecule has 0 aliphatic rings. The van der Waals surface area contributed by atoms with Gasteiger partial charge in [-0.2, -0.15) is 0 Å². The first-order valence-corrected chi connectivity index (χ1v) is 6.99. The number of aryl methyl sites for hydroxylation is 1. The van der Waals surface area contributed by atoms with Gasteiger partial charge in [-0.25, -0.2) is 8.78 Å². The maximum absolute atomic E-state index is 13.4. The van der Waals surface area contributed by atoms with Crippen LogP contribution >= 0.6 is 15.9 Å². The molecule has 0 atom stereocenters. The van der Waals surface area contributed by atoms with Gasteiger partial charge in [-0.1, -0.05) is 6.07 Å². The predicted octanol–water partition coefficient (Wildman–Crippen LogP) is 3.61. The molecule has 0 radical (unpaired) electrons. The van der Waals surface area contributed by atoms with Crippen LogP contribution in [-0.4, -0.2) is 11.8 Å². The summed E-state index contributed by atoms with van der Waals surface area (Å²) >= 11 is 3.26. The molecule has 7 heteroatoms. The second-order valence-corrected chi connectivity index (χ2v) is 5.37. The fourth-order valence-electron chi connectivity index (χ4n) is 1.67. The minimum Gasteiger partial charge on any atom is -0.317 e. The van der Waals surface area contributed by atoms with E-state index in [9.17, 15) is 18.4 Å². The van der Waals surface area contributed by atoms with Crippen LogP contribution in [-0.2, 0) is 9.59 Å². The minimum atomic E-state index is -1.10. The Kier molecular flexibility index (Phi) is 4.87. The average molecular weight is 369 g/mol. The summed E-state index contributed by atoms with van der Waals surface area (Å²) in [6, 6.07) is 7.70. The van der Waals surface area contributed by atoms with E-state index in [0.29, 0.717) is 10.2 Å². The van der Waals surface area contributed by atoms with Crippen LogP contribution in [0.15, 0.2) is 40.9 Å². The summed E-state index contributed by atoms with van der Waals surface area (Å²) < 4.78 is 27.0. The summed E-state index contributed by atoms with van der Waals surface area (Å²) in [6.07, 6.45) is 0. The Labute approximate surface area is 133 Å². The zero-order chi connectivity index (χ0) is 16.3. The van der Waals surface area contributed by atoms with Crippen LogP contribution in [0.25, 0.3) is 0 Å². The van der Waals surface area contributed by atoms with Crippen molar-refractivity contribution in [2.24, 2.45) is 0 Å². The highest BCUT2D eigenvalue weighted by Gasteiger charge is 2.17. The Bertz CT molecular complexity index is 750. The van der Waals surface area contributed by atoms with Crippen molar-refractivity contribution in [3.63, 3.8) is 0 Å². The number of anilines is 2. The molecule has 0 spiro atoms. The summed E-state index contributed by atoms with van der Waals surface area (Å²) in [5, 5.41) is 4.40. The third-order valence-corrected chi connectivity index (χ3v) is 3.41. The second kappa shape index (κ2) is 6.65. The quantitative estimate of drug-likeness (QED) is 0.795. The molecular weight excluding hydrogens is 358 g/mol. The summed E-state index contributed by atoms with van der Waals surface area (Å²) in [6.45, 7) is 1.87. The molecule has 2 aromatic rings. The Morgan fingerprint density at radius 1 is 0.955 bits per heavy atom. The molecule has 2 rings (SSSR count). The van der Waals surface area contributed by atoms with Crippen LogP contribution in [0.5, 0.6) is 0 Å².